The van der Waals surface area contributed by atoms with Crippen LogP contribution in [-0.2, 0) is 22.6 Å². The van der Waals surface area contributed by atoms with Crippen molar-refractivity contribution in [3.05, 3.63) is 59.2 Å². The molecule has 0 atom stereocenters. The van der Waals surface area contributed by atoms with Crippen LogP contribution in [0.4, 0.5) is 5.69 Å². The summed E-state index contributed by atoms with van der Waals surface area (Å²) in [6, 6.07) is 13.8. The molecule has 0 aromatic heterocycles. The molecule has 1 amide bonds. The van der Waals surface area contributed by atoms with Crippen LogP contribution >= 0.6 is 24.0 Å². The number of amides is 1. The van der Waals surface area contributed by atoms with Gasteiger partial charge in [0.25, 0.3) is 0 Å². The number of hydrogen-bond donors (Lipinski definition) is 3. The van der Waals surface area contributed by atoms with E-state index in [0.717, 1.165) is 34.7 Å². The minimum atomic E-state index is -0.0905. The molecule has 3 N–H and O–H groups in total. The first-order valence-corrected chi connectivity index (χ1v) is 10.1. The van der Waals surface area contributed by atoms with Gasteiger partial charge in [0.1, 0.15) is 12.4 Å². The Hall–Kier alpha value is -2.33. The molecule has 0 saturated carbocycles. The minimum Gasteiger partial charge on any atom is -0.491 e. The van der Waals surface area contributed by atoms with Crippen LogP contribution in [0.3, 0.4) is 0 Å². The van der Waals surface area contributed by atoms with Crippen LogP contribution in [0.5, 0.6) is 5.75 Å². The van der Waals surface area contributed by atoms with E-state index in [1.807, 2.05) is 44.2 Å². The molecule has 0 heterocycles. The Bertz CT molecular complexity index is 858. The third-order valence-corrected chi connectivity index (χ3v) is 4.23. The lowest BCUT2D eigenvalue weighted by molar-refractivity contribution is -0.114. The minimum absolute atomic E-state index is 0. The Morgan fingerprint density at radius 3 is 2.61 bits per heavy atom. The zero-order valence-electron chi connectivity index (χ0n) is 18.7. The molecule has 0 aliphatic heterocycles. The summed E-state index contributed by atoms with van der Waals surface area (Å²) >= 11 is 0. The maximum atomic E-state index is 11.3. The second kappa shape index (κ2) is 14.6. The van der Waals surface area contributed by atoms with Crippen LogP contribution in [0.15, 0.2) is 47.5 Å². The van der Waals surface area contributed by atoms with Gasteiger partial charge in [-0.1, -0.05) is 24.3 Å². The van der Waals surface area contributed by atoms with Crippen molar-refractivity contribution >= 4 is 41.5 Å². The standard InChI is InChI=1S/C23H32N4O3.HI/c1-5-24-23(25-15-19-7-6-8-21(14-19)27-18(3)28)26-16-20-10-9-17(2)13-22(20)30-12-11-29-4;/h6-10,13-14H,5,11-12,15-16H2,1-4H3,(H,27,28)(H2,24,25,26);1H. The number of ether oxygens (including phenoxy) is 2. The Morgan fingerprint density at radius 1 is 1.10 bits per heavy atom. The number of hydrogen-bond acceptors (Lipinski definition) is 4. The molecule has 8 heteroatoms. The highest BCUT2D eigenvalue weighted by Gasteiger charge is 2.06. The molecule has 0 saturated heterocycles. The summed E-state index contributed by atoms with van der Waals surface area (Å²) in [6.07, 6.45) is 0. The van der Waals surface area contributed by atoms with Gasteiger partial charge >= 0.3 is 0 Å². The lowest BCUT2D eigenvalue weighted by Crippen LogP contribution is -2.36. The normalized spacial score (nSPS) is 10.8. The van der Waals surface area contributed by atoms with E-state index in [0.29, 0.717) is 32.3 Å². The van der Waals surface area contributed by atoms with Crippen molar-refractivity contribution in [1.82, 2.24) is 10.6 Å². The summed E-state index contributed by atoms with van der Waals surface area (Å²) in [5.41, 5.74) is 3.98. The van der Waals surface area contributed by atoms with Gasteiger partial charge in [-0.05, 0) is 43.2 Å². The molecule has 0 fully saturated rings. The van der Waals surface area contributed by atoms with E-state index in [4.69, 9.17) is 9.47 Å². The number of methoxy groups -OCH3 is 1. The predicted molar refractivity (Wildman–Crippen MR) is 136 cm³/mol. The summed E-state index contributed by atoms with van der Waals surface area (Å²) in [7, 11) is 1.66. The number of anilines is 1. The van der Waals surface area contributed by atoms with Gasteiger partial charge in [0.2, 0.25) is 5.91 Å². The number of carbonyl (C=O) groups excluding carboxylic acids is 1. The Labute approximate surface area is 202 Å². The molecule has 2 aromatic carbocycles. The van der Waals surface area contributed by atoms with E-state index < -0.39 is 0 Å². The fourth-order valence-electron chi connectivity index (χ4n) is 2.82. The first-order valence-electron chi connectivity index (χ1n) is 10.1. The van der Waals surface area contributed by atoms with Crippen LogP contribution < -0.4 is 20.7 Å². The number of nitrogens with one attached hydrogen (secondary N) is 3. The summed E-state index contributed by atoms with van der Waals surface area (Å²) in [5.74, 6) is 1.47. The highest BCUT2D eigenvalue weighted by Crippen LogP contribution is 2.20. The number of aliphatic imine (C=N–C) groups is 1. The number of halogens is 1. The van der Waals surface area contributed by atoms with Crippen molar-refractivity contribution in [2.75, 3.05) is 32.2 Å². The molecule has 0 radical (unpaired) electrons. The zero-order chi connectivity index (χ0) is 21.8. The van der Waals surface area contributed by atoms with E-state index in [2.05, 4.69) is 33.1 Å². The average molecular weight is 540 g/mol. The number of carbonyl (C=O) groups is 1. The molecule has 2 rings (SSSR count). The number of guanidine groups is 1. The van der Waals surface area contributed by atoms with Crippen molar-refractivity contribution in [2.24, 2.45) is 4.99 Å². The molecule has 2 aromatic rings. The summed E-state index contributed by atoms with van der Waals surface area (Å²) in [5, 5.41) is 9.42. The van der Waals surface area contributed by atoms with Crippen LogP contribution in [0.2, 0.25) is 0 Å². The van der Waals surface area contributed by atoms with Gasteiger partial charge < -0.3 is 25.4 Å². The van der Waals surface area contributed by atoms with Crippen molar-refractivity contribution in [3.63, 3.8) is 0 Å². The third-order valence-electron chi connectivity index (χ3n) is 4.23. The smallest absolute Gasteiger partial charge is 0.221 e. The summed E-state index contributed by atoms with van der Waals surface area (Å²) in [4.78, 5) is 15.9. The van der Waals surface area contributed by atoms with Gasteiger partial charge in [-0.25, -0.2) is 4.99 Å². The van der Waals surface area contributed by atoms with Gasteiger partial charge in [0.15, 0.2) is 5.96 Å². The zero-order valence-corrected chi connectivity index (χ0v) is 21.0. The molecule has 0 spiro atoms. The average Bonchev–Trinajstić information content (AvgIpc) is 2.71. The fourth-order valence-corrected chi connectivity index (χ4v) is 2.82. The number of rotatable bonds is 10. The quantitative estimate of drug-likeness (QED) is 0.185. The van der Waals surface area contributed by atoms with Crippen LogP contribution in [0.25, 0.3) is 0 Å². The second-order valence-electron chi connectivity index (χ2n) is 6.88. The van der Waals surface area contributed by atoms with Gasteiger partial charge in [-0.3, -0.25) is 4.79 Å². The topological polar surface area (TPSA) is 84.0 Å². The molecule has 0 unspecified atom stereocenters. The summed E-state index contributed by atoms with van der Waals surface area (Å²) < 4.78 is 10.9. The van der Waals surface area contributed by atoms with Crippen LogP contribution in [0, 0.1) is 6.92 Å². The van der Waals surface area contributed by atoms with Crippen LogP contribution in [-0.4, -0.2) is 38.7 Å². The first kappa shape index (κ1) is 26.7. The third kappa shape index (κ3) is 10.0. The molecule has 7 nitrogen and oxygen atoms in total. The Balaban J connectivity index is 0.00000480. The molecular weight excluding hydrogens is 507 g/mol. The molecule has 31 heavy (non-hydrogen) atoms. The molecule has 0 bridgehead atoms. The molecule has 170 valence electrons. The van der Waals surface area contributed by atoms with Crippen molar-refractivity contribution in [1.29, 1.82) is 0 Å². The van der Waals surface area contributed by atoms with Crippen LogP contribution in [0.1, 0.15) is 30.5 Å². The first-order chi connectivity index (χ1) is 14.5. The lowest BCUT2D eigenvalue weighted by atomic mass is 10.1. The van der Waals surface area contributed by atoms with Crippen molar-refractivity contribution in [2.45, 2.75) is 33.9 Å². The lowest BCUT2D eigenvalue weighted by Gasteiger charge is -2.15. The van der Waals surface area contributed by atoms with E-state index in [1.54, 1.807) is 7.11 Å². The maximum Gasteiger partial charge on any atom is 0.221 e. The second-order valence-corrected chi connectivity index (χ2v) is 6.88. The Morgan fingerprint density at radius 2 is 1.90 bits per heavy atom. The predicted octanol–water partition coefficient (Wildman–Crippen LogP) is 3.85. The summed E-state index contributed by atoms with van der Waals surface area (Å²) in [6.45, 7) is 8.45. The van der Waals surface area contributed by atoms with E-state index in [-0.39, 0.29) is 29.9 Å². The molecule has 0 aliphatic carbocycles. The Kier molecular flexibility index (Phi) is 12.6. The van der Waals surface area contributed by atoms with Crippen molar-refractivity contribution in [3.8, 4) is 5.75 Å². The van der Waals surface area contributed by atoms with E-state index in [1.165, 1.54) is 6.92 Å². The SMILES string of the molecule is CCNC(=NCc1cccc(NC(C)=O)c1)NCc1ccc(C)cc1OCCOC.I. The van der Waals surface area contributed by atoms with E-state index in [9.17, 15) is 4.79 Å². The monoisotopic (exact) mass is 540 g/mol. The van der Waals surface area contributed by atoms with Gasteiger partial charge in [0.05, 0.1) is 13.2 Å². The number of benzene rings is 2. The van der Waals surface area contributed by atoms with Gasteiger partial charge in [-0.2, -0.15) is 0 Å². The highest BCUT2D eigenvalue weighted by atomic mass is 127. The highest BCUT2D eigenvalue weighted by molar-refractivity contribution is 14.0. The van der Waals surface area contributed by atoms with E-state index >= 15 is 0 Å². The fraction of sp³-hybridized carbons (Fsp3) is 0.391. The molecular formula is C23H33IN4O3. The number of aryl methyl sites for hydroxylation is 1. The van der Waals surface area contributed by atoms with Crippen molar-refractivity contribution < 1.29 is 14.3 Å². The van der Waals surface area contributed by atoms with Gasteiger partial charge in [0, 0.05) is 38.4 Å². The number of nitrogens with zero attached hydrogens (tertiary/aromatic N) is 1. The molecule has 0 aliphatic rings. The maximum absolute atomic E-state index is 11.3. The van der Waals surface area contributed by atoms with Gasteiger partial charge in [-0.15, -0.1) is 24.0 Å². The largest absolute Gasteiger partial charge is 0.491 e.